The van der Waals surface area contributed by atoms with Crippen molar-refractivity contribution in [1.82, 2.24) is 4.90 Å². The monoisotopic (exact) mass is 344 g/mol. The maximum Gasteiger partial charge on any atom is 0.0452 e. The van der Waals surface area contributed by atoms with Gasteiger partial charge in [0.1, 0.15) is 0 Å². The summed E-state index contributed by atoms with van der Waals surface area (Å²) in [6.07, 6.45) is 0. The number of para-hydroxylation sites is 2. The van der Waals surface area contributed by atoms with E-state index in [1.165, 1.54) is 22.5 Å². The highest BCUT2D eigenvalue weighted by atomic mass is 35.5. The summed E-state index contributed by atoms with van der Waals surface area (Å²) in [5, 5.41) is 0. The van der Waals surface area contributed by atoms with Crippen molar-refractivity contribution in [3.8, 4) is 0 Å². The zero-order valence-corrected chi connectivity index (χ0v) is 16.2. The lowest BCUT2D eigenvalue weighted by atomic mass is 9.73. The topological polar surface area (TPSA) is 6.48 Å². The van der Waals surface area contributed by atoms with Crippen LogP contribution in [-0.4, -0.2) is 32.1 Å². The highest BCUT2D eigenvalue weighted by Crippen LogP contribution is 2.48. The highest BCUT2D eigenvalue weighted by molar-refractivity contribution is 5.85. The maximum atomic E-state index is 2.52. The Morgan fingerprint density at radius 3 is 1.83 bits per heavy atom. The van der Waals surface area contributed by atoms with Gasteiger partial charge in [0.25, 0.3) is 0 Å². The van der Waals surface area contributed by atoms with Crippen LogP contribution in [0.3, 0.4) is 0 Å². The molecule has 3 heteroatoms. The Morgan fingerprint density at radius 1 is 0.917 bits per heavy atom. The zero-order valence-electron chi connectivity index (χ0n) is 15.4. The molecule has 1 heterocycles. The Hall–Kier alpha value is -1.51. The van der Waals surface area contributed by atoms with Crippen LogP contribution in [0.15, 0.2) is 48.5 Å². The summed E-state index contributed by atoms with van der Waals surface area (Å²) in [7, 11) is 4.30. The molecule has 2 aromatic carbocycles. The Labute approximate surface area is 152 Å². The number of hydrogen-bond acceptors (Lipinski definition) is 2. The number of halogens is 1. The summed E-state index contributed by atoms with van der Waals surface area (Å²) in [4.78, 5) is 4.79. The molecular weight excluding hydrogens is 316 g/mol. The van der Waals surface area contributed by atoms with Crippen LogP contribution >= 0.6 is 12.4 Å². The standard InChI is InChI=1S/C21H28N2.ClH/c1-16(14-22(4)5)15-23-19-12-8-6-10-17(19)21(2,3)18-11-7-9-13-20(18)23;/h6-13,16H,14-15H2,1-5H3;1H. The van der Waals surface area contributed by atoms with Gasteiger partial charge in [0, 0.05) is 29.9 Å². The lowest BCUT2D eigenvalue weighted by molar-refractivity contribution is 0.342. The lowest BCUT2D eigenvalue weighted by Crippen LogP contribution is -2.37. The van der Waals surface area contributed by atoms with Gasteiger partial charge in [0.2, 0.25) is 0 Å². The molecule has 0 fully saturated rings. The van der Waals surface area contributed by atoms with E-state index in [0.29, 0.717) is 5.92 Å². The van der Waals surface area contributed by atoms with Crippen molar-refractivity contribution in [2.45, 2.75) is 26.2 Å². The molecule has 0 aliphatic carbocycles. The van der Waals surface area contributed by atoms with Crippen LogP contribution in [0.2, 0.25) is 0 Å². The fourth-order valence-electron chi connectivity index (χ4n) is 3.94. The van der Waals surface area contributed by atoms with Crippen LogP contribution in [0.5, 0.6) is 0 Å². The van der Waals surface area contributed by atoms with Gasteiger partial charge in [-0.3, -0.25) is 0 Å². The second kappa shape index (κ2) is 7.16. The first kappa shape index (κ1) is 18.8. The summed E-state index contributed by atoms with van der Waals surface area (Å²) in [5.74, 6) is 0.604. The van der Waals surface area contributed by atoms with Gasteiger partial charge in [-0.25, -0.2) is 0 Å². The number of anilines is 2. The molecule has 0 N–H and O–H groups in total. The second-order valence-electron chi connectivity index (χ2n) is 7.64. The lowest BCUT2D eigenvalue weighted by Gasteiger charge is -2.43. The average Bonchev–Trinajstić information content (AvgIpc) is 2.51. The van der Waals surface area contributed by atoms with Gasteiger partial charge in [-0.15, -0.1) is 12.4 Å². The van der Waals surface area contributed by atoms with E-state index >= 15 is 0 Å². The van der Waals surface area contributed by atoms with Crippen LogP contribution in [0.1, 0.15) is 31.9 Å². The third-order valence-corrected chi connectivity index (χ3v) is 4.91. The SMILES string of the molecule is CC(CN(C)C)CN1c2ccccc2C(C)(C)c2ccccc21.Cl. The van der Waals surface area contributed by atoms with Gasteiger partial charge >= 0.3 is 0 Å². The molecule has 0 saturated carbocycles. The molecule has 1 aliphatic rings. The molecule has 1 atom stereocenters. The van der Waals surface area contributed by atoms with E-state index in [0.717, 1.165) is 13.1 Å². The van der Waals surface area contributed by atoms with Crippen molar-refractivity contribution in [3.05, 3.63) is 59.7 Å². The van der Waals surface area contributed by atoms with Gasteiger partial charge in [-0.1, -0.05) is 57.2 Å². The Kier molecular flexibility index (Phi) is 5.62. The predicted octanol–water partition coefficient (Wildman–Crippen LogP) is 5.08. The minimum absolute atomic E-state index is 0. The first-order chi connectivity index (χ1) is 10.9. The fraction of sp³-hybridized carbons (Fsp3) is 0.429. The molecule has 2 nitrogen and oxygen atoms in total. The van der Waals surface area contributed by atoms with E-state index in [4.69, 9.17) is 0 Å². The Morgan fingerprint density at radius 2 is 1.38 bits per heavy atom. The number of nitrogens with zero attached hydrogens (tertiary/aromatic N) is 2. The number of benzene rings is 2. The molecule has 130 valence electrons. The van der Waals surface area contributed by atoms with Gasteiger partial charge in [-0.05, 0) is 43.3 Å². The molecular formula is C21H29ClN2. The largest absolute Gasteiger partial charge is 0.341 e. The summed E-state index contributed by atoms with van der Waals surface area (Å²) < 4.78 is 0. The molecule has 3 rings (SSSR count). The minimum atomic E-state index is 0. The van der Waals surface area contributed by atoms with Crippen molar-refractivity contribution in [2.75, 3.05) is 32.1 Å². The van der Waals surface area contributed by atoms with Gasteiger partial charge in [0.15, 0.2) is 0 Å². The third kappa shape index (κ3) is 3.31. The summed E-state index contributed by atoms with van der Waals surface area (Å²) in [6.45, 7) is 9.16. The van der Waals surface area contributed by atoms with Crippen LogP contribution in [0.4, 0.5) is 11.4 Å². The first-order valence-electron chi connectivity index (χ1n) is 8.52. The van der Waals surface area contributed by atoms with Crippen molar-refractivity contribution >= 4 is 23.8 Å². The van der Waals surface area contributed by atoms with E-state index in [-0.39, 0.29) is 17.8 Å². The van der Waals surface area contributed by atoms with Gasteiger partial charge in [0.05, 0.1) is 0 Å². The second-order valence-corrected chi connectivity index (χ2v) is 7.64. The molecule has 0 radical (unpaired) electrons. The van der Waals surface area contributed by atoms with Crippen molar-refractivity contribution in [2.24, 2.45) is 5.92 Å². The van der Waals surface area contributed by atoms with E-state index in [2.05, 4.69) is 93.2 Å². The van der Waals surface area contributed by atoms with Crippen LogP contribution < -0.4 is 4.90 Å². The molecule has 1 aliphatic heterocycles. The van der Waals surface area contributed by atoms with E-state index in [9.17, 15) is 0 Å². The van der Waals surface area contributed by atoms with Crippen molar-refractivity contribution in [1.29, 1.82) is 0 Å². The summed E-state index contributed by atoms with van der Waals surface area (Å²) in [5.41, 5.74) is 5.63. The summed E-state index contributed by atoms with van der Waals surface area (Å²) >= 11 is 0. The molecule has 0 spiro atoms. The number of rotatable bonds is 4. The fourth-order valence-corrected chi connectivity index (χ4v) is 3.94. The Balaban J connectivity index is 0.00000208. The highest BCUT2D eigenvalue weighted by Gasteiger charge is 2.35. The summed E-state index contributed by atoms with van der Waals surface area (Å²) in [6, 6.07) is 17.8. The minimum Gasteiger partial charge on any atom is -0.341 e. The van der Waals surface area contributed by atoms with E-state index < -0.39 is 0 Å². The van der Waals surface area contributed by atoms with Crippen molar-refractivity contribution in [3.63, 3.8) is 0 Å². The van der Waals surface area contributed by atoms with E-state index in [1.54, 1.807) is 0 Å². The average molecular weight is 345 g/mol. The quantitative estimate of drug-likeness (QED) is 0.762. The van der Waals surface area contributed by atoms with Crippen LogP contribution in [-0.2, 0) is 5.41 Å². The van der Waals surface area contributed by atoms with Crippen molar-refractivity contribution < 1.29 is 0 Å². The first-order valence-corrected chi connectivity index (χ1v) is 8.52. The molecule has 1 unspecified atom stereocenters. The molecule has 2 aromatic rings. The number of hydrogen-bond donors (Lipinski definition) is 0. The third-order valence-electron chi connectivity index (χ3n) is 4.91. The zero-order chi connectivity index (χ0) is 16.6. The molecule has 0 aromatic heterocycles. The number of fused-ring (bicyclic) bond motifs is 2. The molecule has 0 saturated heterocycles. The maximum absolute atomic E-state index is 2.52. The van der Waals surface area contributed by atoms with Crippen LogP contribution in [0.25, 0.3) is 0 Å². The molecule has 0 amide bonds. The normalized spacial score (nSPS) is 16.2. The predicted molar refractivity (Wildman–Crippen MR) is 107 cm³/mol. The van der Waals surface area contributed by atoms with E-state index in [1.807, 2.05) is 0 Å². The van der Waals surface area contributed by atoms with Gasteiger partial charge < -0.3 is 9.80 Å². The van der Waals surface area contributed by atoms with Gasteiger partial charge in [-0.2, -0.15) is 0 Å². The van der Waals surface area contributed by atoms with Crippen LogP contribution in [0, 0.1) is 5.92 Å². The Bertz CT molecular complexity index is 644. The molecule has 0 bridgehead atoms. The molecule has 24 heavy (non-hydrogen) atoms. The smallest absolute Gasteiger partial charge is 0.0452 e.